The molecule has 1 saturated heterocycles. The van der Waals surface area contributed by atoms with Crippen molar-refractivity contribution in [3.05, 3.63) is 34.6 Å². The van der Waals surface area contributed by atoms with Gasteiger partial charge in [-0.1, -0.05) is 13.3 Å². The number of aromatic nitrogens is 3. The fourth-order valence-corrected chi connectivity index (χ4v) is 4.25. The molecule has 1 unspecified atom stereocenters. The normalized spacial score (nSPS) is 17.9. The molecule has 8 heteroatoms. The van der Waals surface area contributed by atoms with Gasteiger partial charge in [-0.2, -0.15) is 5.10 Å². The Morgan fingerprint density at radius 2 is 2.21 bits per heavy atom. The standard InChI is InChI=1S/C21H29N5O3/c1-3-19-23-25(21(28)17-13-18-16(26(17)19)8-12-29-18)14-20(27)22-9-6-11-24-10-5-4-7-15(24)2/h8,12-13,15H,3-7,9-11,14H2,1-2H3,(H,22,27). The second kappa shape index (κ2) is 8.41. The van der Waals surface area contributed by atoms with Crippen LogP contribution in [-0.4, -0.2) is 50.7 Å². The predicted molar refractivity (Wildman–Crippen MR) is 111 cm³/mol. The molecule has 1 amide bonds. The highest BCUT2D eigenvalue weighted by Crippen LogP contribution is 2.20. The number of fused-ring (bicyclic) bond motifs is 3. The van der Waals surface area contributed by atoms with Crippen molar-refractivity contribution in [2.24, 2.45) is 0 Å². The first kappa shape index (κ1) is 19.7. The first-order valence-corrected chi connectivity index (χ1v) is 10.6. The number of carbonyl (C=O) groups is 1. The predicted octanol–water partition coefficient (Wildman–Crippen LogP) is 2.19. The van der Waals surface area contributed by atoms with E-state index in [0.29, 0.717) is 30.1 Å². The van der Waals surface area contributed by atoms with Crippen LogP contribution in [0.15, 0.2) is 27.6 Å². The van der Waals surface area contributed by atoms with Gasteiger partial charge in [0, 0.05) is 37.7 Å². The first-order chi connectivity index (χ1) is 14.1. The van der Waals surface area contributed by atoms with Crippen molar-refractivity contribution in [1.82, 2.24) is 24.4 Å². The Hall–Kier alpha value is -2.61. The zero-order chi connectivity index (χ0) is 20.4. The van der Waals surface area contributed by atoms with Crippen molar-refractivity contribution >= 4 is 22.5 Å². The Labute approximate surface area is 169 Å². The van der Waals surface area contributed by atoms with E-state index in [1.165, 1.54) is 23.9 Å². The Morgan fingerprint density at radius 3 is 3.00 bits per heavy atom. The van der Waals surface area contributed by atoms with Crippen LogP contribution in [0.4, 0.5) is 0 Å². The van der Waals surface area contributed by atoms with Gasteiger partial charge in [-0.15, -0.1) is 0 Å². The maximum absolute atomic E-state index is 12.8. The molecule has 0 aromatic carbocycles. The van der Waals surface area contributed by atoms with E-state index < -0.39 is 0 Å². The topological polar surface area (TPSA) is 84.8 Å². The van der Waals surface area contributed by atoms with Crippen LogP contribution in [0.3, 0.4) is 0 Å². The highest BCUT2D eigenvalue weighted by atomic mass is 16.3. The Kier molecular flexibility index (Phi) is 5.71. The van der Waals surface area contributed by atoms with E-state index in [1.807, 2.05) is 17.4 Å². The average Bonchev–Trinajstić information content (AvgIpc) is 3.30. The molecule has 1 aliphatic heterocycles. The van der Waals surface area contributed by atoms with Crippen molar-refractivity contribution in [2.75, 3.05) is 19.6 Å². The number of likely N-dealkylation sites (tertiary alicyclic amines) is 1. The van der Waals surface area contributed by atoms with Crippen LogP contribution < -0.4 is 10.9 Å². The molecule has 1 fully saturated rings. The Bertz CT molecular complexity index is 1060. The summed E-state index contributed by atoms with van der Waals surface area (Å²) in [5.74, 6) is 0.538. The van der Waals surface area contributed by atoms with Gasteiger partial charge in [0.25, 0.3) is 5.56 Å². The smallest absolute Gasteiger partial charge is 0.291 e. The lowest BCUT2D eigenvalue weighted by atomic mass is 10.0. The summed E-state index contributed by atoms with van der Waals surface area (Å²) < 4.78 is 8.50. The molecule has 1 aliphatic rings. The van der Waals surface area contributed by atoms with Crippen molar-refractivity contribution in [3.63, 3.8) is 0 Å². The van der Waals surface area contributed by atoms with Crippen LogP contribution in [0.25, 0.3) is 16.6 Å². The molecule has 0 radical (unpaired) electrons. The summed E-state index contributed by atoms with van der Waals surface area (Å²) in [6.45, 7) is 6.93. The molecule has 1 N–H and O–H groups in total. The lowest BCUT2D eigenvalue weighted by molar-refractivity contribution is -0.121. The molecule has 0 spiro atoms. The van der Waals surface area contributed by atoms with Gasteiger partial charge in [-0.25, -0.2) is 4.68 Å². The quantitative estimate of drug-likeness (QED) is 0.616. The van der Waals surface area contributed by atoms with Crippen molar-refractivity contribution in [2.45, 2.75) is 58.5 Å². The highest BCUT2D eigenvalue weighted by Gasteiger charge is 2.18. The molecular weight excluding hydrogens is 370 g/mol. The molecule has 3 aromatic heterocycles. The lowest BCUT2D eigenvalue weighted by Gasteiger charge is -2.33. The summed E-state index contributed by atoms with van der Waals surface area (Å²) in [7, 11) is 0. The maximum atomic E-state index is 12.8. The van der Waals surface area contributed by atoms with Crippen molar-refractivity contribution in [3.8, 4) is 0 Å². The zero-order valence-electron chi connectivity index (χ0n) is 17.2. The first-order valence-electron chi connectivity index (χ1n) is 10.6. The molecule has 4 heterocycles. The van der Waals surface area contributed by atoms with Gasteiger partial charge in [0.2, 0.25) is 5.91 Å². The number of hydrogen-bond donors (Lipinski definition) is 1. The molecule has 1 atom stereocenters. The fraction of sp³-hybridized carbons (Fsp3) is 0.571. The summed E-state index contributed by atoms with van der Waals surface area (Å²) in [5.41, 5.74) is 1.67. The van der Waals surface area contributed by atoms with E-state index in [4.69, 9.17) is 4.42 Å². The minimum Gasteiger partial charge on any atom is -0.463 e. The number of aryl methyl sites for hydroxylation is 1. The minimum atomic E-state index is -0.286. The van der Waals surface area contributed by atoms with Crippen LogP contribution in [0.1, 0.15) is 45.4 Å². The molecule has 8 nitrogen and oxygen atoms in total. The van der Waals surface area contributed by atoms with Gasteiger partial charge in [-0.3, -0.25) is 14.0 Å². The number of rotatable bonds is 7. The molecule has 29 heavy (non-hydrogen) atoms. The average molecular weight is 399 g/mol. The maximum Gasteiger partial charge on any atom is 0.291 e. The summed E-state index contributed by atoms with van der Waals surface area (Å²) in [6.07, 6.45) is 6.98. The summed E-state index contributed by atoms with van der Waals surface area (Å²) in [6, 6.07) is 4.17. The number of amides is 1. The van der Waals surface area contributed by atoms with Gasteiger partial charge in [0.15, 0.2) is 5.58 Å². The Morgan fingerprint density at radius 1 is 1.34 bits per heavy atom. The van der Waals surface area contributed by atoms with Crippen LogP contribution in [0.2, 0.25) is 0 Å². The summed E-state index contributed by atoms with van der Waals surface area (Å²) in [5, 5.41) is 7.36. The lowest BCUT2D eigenvalue weighted by Crippen LogP contribution is -2.40. The van der Waals surface area contributed by atoms with Gasteiger partial charge >= 0.3 is 0 Å². The number of carbonyl (C=O) groups excluding carboxylic acids is 1. The van der Waals surface area contributed by atoms with Crippen LogP contribution >= 0.6 is 0 Å². The fourth-order valence-electron chi connectivity index (χ4n) is 4.25. The molecule has 0 bridgehead atoms. The van der Waals surface area contributed by atoms with E-state index in [9.17, 15) is 9.59 Å². The van der Waals surface area contributed by atoms with Gasteiger partial charge in [0.05, 0.1) is 11.8 Å². The van der Waals surface area contributed by atoms with Crippen LogP contribution in [-0.2, 0) is 17.8 Å². The van der Waals surface area contributed by atoms with Crippen LogP contribution in [0, 0.1) is 0 Å². The summed E-state index contributed by atoms with van der Waals surface area (Å²) >= 11 is 0. The largest absolute Gasteiger partial charge is 0.463 e. The molecular formula is C21H29N5O3. The molecule has 156 valence electrons. The third-order valence-electron chi connectivity index (χ3n) is 5.87. The zero-order valence-corrected chi connectivity index (χ0v) is 17.2. The number of nitrogens with zero attached hydrogens (tertiary/aromatic N) is 4. The number of furan rings is 1. The molecule has 0 saturated carbocycles. The number of piperidine rings is 1. The van der Waals surface area contributed by atoms with Crippen LogP contribution in [0.5, 0.6) is 0 Å². The van der Waals surface area contributed by atoms with E-state index in [1.54, 1.807) is 12.3 Å². The van der Waals surface area contributed by atoms with Crippen molar-refractivity contribution < 1.29 is 9.21 Å². The van der Waals surface area contributed by atoms with E-state index in [-0.39, 0.29) is 18.0 Å². The summed E-state index contributed by atoms with van der Waals surface area (Å²) in [4.78, 5) is 27.7. The van der Waals surface area contributed by atoms with E-state index in [2.05, 4.69) is 22.2 Å². The number of hydrogen-bond acceptors (Lipinski definition) is 5. The molecule has 0 aliphatic carbocycles. The SMILES string of the molecule is CCc1nn(CC(=O)NCCCN2CCCCC2C)c(=O)c2cc3occc3n12. The minimum absolute atomic E-state index is 0.0744. The highest BCUT2D eigenvalue weighted by molar-refractivity contribution is 5.82. The van der Waals surface area contributed by atoms with Crippen molar-refractivity contribution in [1.29, 1.82) is 0 Å². The van der Waals surface area contributed by atoms with Gasteiger partial charge < -0.3 is 14.6 Å². The second-order valence-corrected chi connectivity index (χ2v) is 7.85. The molecule has 4 rings (SSSR count). The third-order valence-corrected chi connectivity index (χ3v) is 5.87. The van der Waals surface area contributed by atoms with E-state index >= 15 is 0 Å². The number of nitrogens with one attached hydrogen (secondary N) is 1. The van der Waals surface area contributed by atoms with Gasteiger partial charge in [0.1, 0.15) is 17.9 Å². The second-order valence-electron chi connectivity index (χ2n) is 7.85. The van der Waals surface area contributed by atoms with Gasteiger partial charge in [-0.05, 0) is 32.7 Å². The van der Waals surface area contributed by atoms with E-state index in [0.717, 1.165) is 30.9 Å². The third kappa shape index (κ3) is 3.94. The Balaban J connectivity index is 1.40. The monoisotopic (exact) mass is 399 g/mol. The molecule has 3 aromatic rings.